The first kappa shape index (κ1) is 12.2. The van der Waals surface area contributed by atoms with E-state index in [1.54, 1.807) is 13.2 Å². The number of rotatable bonds is 1. The second kappa shape index (κ2) is 4.37. The van der Waals surface area contributed by atoms with Gasteiger partial charge in [0.1, 0.15) is 5.76 Å². The standard InChI is InChI=1S/C15H16O4/c1-18-12-4-2-3-11-14(12)19-13(17)9-15(11)7-5-10(16)6-8-15/h2-5,7,11,14H,6,8-9H2,1H3. The fraction of sp³-hybridized carbons (Fsp3) is 0.467. The number of carbonyl (C=O) groups is 2. The summed E-state index contributed by atoms with van der Waals surface area (Å²) in [6.07, 6.45) is 10.5. The summed E-state index contributed by atoms with van der Waals surface area (Å²) in [5.74, 6) is 0.627. The Balaban J connectivity index is 2.00. The summed E-state index contributed by atoms with van der Waals surface area (Å²) in [6, 6.07) is 0. The van der Waals surface area contributed by atoms with Gasteiger partial charge in [0.2, 0.25) is 0 Å². The number of ketones is 1. The lowest BCUT2D eigenvalue weighted by Gasteiger charge is -2.46. The Morgan fingerprint density at radius 2 is 2.26 bits per heavy atom. The first-order valence-corrected chi connectivity index (χ1v) is 6.48. The van der Waals surface area contributed by atoms with Crippen LogP contribution in [0, 0.1) is 11.3 Å². The van der Waals surface area contributed by atoms with Crippen LogP contribution in [0.15, 0.2) is 36.1 Å². The lowest BCUT2D eigenvalue weighted by Crippen LogP contribution is -2.48. The molecule has 1 fully saturated rings. The first-order chi connectivity index (χ1) is 9.14. The van der Waals surface area contributed by atoms with Crippen LogP contribution in [0.25, 0.3) is 0 Å². The molecule has 3 aliphatic rings. The number of fused-ring (bicyclic) bond motifs is 2. The highest BCUT2D eigenvalue weighted by Crippen LogP contribution is 2.49. The molecule has 2 aliphatic carbocycles. The number of hydrogen-bond donors (Lipinski definition) is 0. The molecular formula is C15H16O4. The number of methoxy groups -OCH3 is 1. The van der Waals surface area contributed by atoms with Crippen molar-refractivity contribution in [2.75, 3.05) is 7.11 Å². The van der Waals surface area contributed by atoms with Crippen molar-refractivity contribution in [3.63, 3.8) is 0 Å². The molecule has 0 amide bonds. The number of ether oxygens (including phenoxy) is 2. The minimum Gasteiger partial charge on any atom is -0.497 e. The van der Waals surface area contributed by atoms with Gasteiger partial charge in [-0.15, -0.1) is 0 Å². The zero-order chi connectivity index (χ0) is 13.5. The normalized spacial score (nSPS) is 36.8. The van der Waals surface area contributed by atoms with E-state index < -0.39 is 0 Å². The van der Waals surface area contributed by atoms with E-state index in [0.29, 0.717) is 25.0 Å². The van der Waals surface area contributed by atoms with E-state index in [0.717, 1.165) is 0 Å². The van der Waals surface area contributed by atoms with Crippen molar-refractivity contribution in [3.8, 4) is 0 Å². The molecule has 1 saturated heterocycles. The highest BCUT2D eigenvalue weighted by Gasteiger charge is 2.50. The van der Waals surface area contributed by atoms with Crippen LogP contribution in [0.5, 0.6) is 0 Å². The summed E-state index contributed by atoms with van der Waals surface area (Å²) in [4.78, 5) is 23.3. The van der Waals surface area contributed by atoms with Crippen molar-refractivity contribution in [3.05, 3.63) is 36.1 Å². The molecule has 3 rings (SSSR count). The van der Waals surface area contributed by atoms with Crippen molar-refractivity contribution >= 4 is 11.8 Å². The molecule has 19 heavy (non-hydrogen) atoms. The number of carbonyl (C=O) groups excluding carboxylic acids is 2. The molecule has 0 aromatic rings. The average molecular weight is 260 g/mol. The Morgan fingerprint density at radius 3 is 2.95 bits per heavy atom. The van der Waals surface area contributed by atoms with Gasteiger partial charge in [-0.25, -0.2) is 0 Å². The van der Waals surface area contributed by atoms with Crippen molar-refractivity contribution < 1.29 is 19.1 Å². The molecule has 100 valence electrons. The molecule has 0 saturated carbocycles. The van der Waals surface area contributed by atoms with Crippen molar-refractivity contribution in [2.24, 2.45) is 11.3 Å². The van der Waals surface area contributed by atoms with Crippen LogP contribution in [-0.4, -0.2) is 25.0 Å². The molecule has 4 nitrogen and oxygen atoms in total. The SMILES string of the molecule is COC1=CC=CC2C1OC(=O)CC21C=CC(=O)CC1. The average Bonchev–Trinajstić information content (AvgIpc) is 2.41. The third kappa shape index (κ3) is 1.91. The molecule has 0 radical (unpaired) electrons. The molecular weight excluding hydrogens is 244 g/mol. The maximum absolute atomic E-state index is 11.9. The fourth-order valence-electron chi connectivity index (χ4n) is 3.23. The van der Waals surface area contributed by atoms with Gasteiger partial charge in [0.25, 0.3) is 0 Å². The topological polar surface area (TPSA) is 52.6 Å². The maximum atomic E-state index is 11.9. The van der Waals surface area contributed by atoms with Gasteiger partial charge in [0.15, 0.2) is 11.9 Å². The predicted octanol–water partition coefficient (Wildman–Crippen LogP) is 1.92. The lowest BCUT2D eigenvalue weighted by molar-refractivity contribution is -0.165. The smallest absolute Gasteiger partial charge is 0.307 e. The van der Waals surface area contributed by atoms with Gasteiger partial charge in [-0.1, -0.05) is 18.2 Å². The van der Waals surface area contributed by atoms with E-state index in [1.807, 2.05) is 18.2 Å². The summed E-state index contributed by atoms with van der Waals surface area (Å²) in [7, 11) is 1.58. The molecule has 1 spiro atoms. The number of hydrogen-bond acceptors (Lipinski definition) is 4. The summed E-state index contributed by atoms with van der Waals surface area (Å²) >= 11 is 0. The molecule has 0 aromatic carbocycles. The Bertz CT molecular complexity index is 514. The molecule has 1 heterocycles. The van der Waals surface area contributed by atoms with Gasteiger partial charge in [-0.05, 0) is 18.6 Å². The Hall–Kier alpha value is -1.84. The van der Waals surface area contributed by atoms with Gasteiger partial charge >= 0.3 is 5.97 Å². The highest BCUT2D eigenvalue weighted by atomic mass is 16.6. The third-order valence-corrected chi connectivity index (χ3v) is 4.25. The van der Waals surface area contributed by atoms with Crippen LogP contribution in [-0.2, 0) is 19.1 Å². The van der Waals surface area contributed by atoms with Gasteiger partial charge in [0, 0.05) is 17.8 Å². The van der Waals surface area contributed by atoms with Crippen LogP contribution in [0.2, 0.25) is 0 Å². The largest absolute Gasteiger partial charge is 0.497 e. The molecule has 4 heteroatoms. The van der Waals surface area contributed by atoms with E-state index in [1.165, 1.54) is 0 Å². The molecule has 1 aliphatic heterocycles. The van der Waals surface area contributed by atoms with Crippen molar-refractivity contribution in [1.82, 2.24) is 0 Å². The number of allylic oxidation sites excluding steroid dienone is 4. The second-order valence-electron chi connectivity index (χ2n) is 5.30. The van der Waals surface area contributed by atoms with Crippen LogP contribution < -0.4 is 0 Å². The zero-order valence-electron chi connectivity index (χ0n) is 10.8. The summed E-state index contributed by atoms with van der Waals surface area (Å²) < 4.78 is 10.8. The second-order valence-corrected chi connectivity index (χ2v) is 5.30. The molecule has 0 N–H and O–H groups in total. The Labute approximate surface area is 111 Å². The highest BCUT2D eigenvalue weighted by molar-refractivity contribution is 5.91. The molecule has 3 atom stereocenters. The zero-order valence-corrected chi connectivity index (χ0v) is 10.8. The van der Waals surface area contributed by atoms with Gasteiger partial charge in [-0.3, -0.25) is 9.59 Å². The van der Waals surface area contributed by atoms with Crippen LogP contribution in [0.3, 0.4) is 0 Å². The first-order valence-electron chi connectivity index (χ1n) is 6.48. The van der Waals surface area contributed by atoms with Gasteiger partial charge in [-0.2, -0.15) is 0 Å². The van der Waals surface area contributed by atoms with E-state index in [4.69, 9.17) is 9.47 Å². The van der Waals surface area contributed by atoms with Crippen LogP contribution >= 0.6 is 0 Å². The predicted molar refractivity (Wildman–Crippen MR) is 68.0 cm³/mol. The van der Waals surface area contributed by atoms with E-state index >= 15 is 0 Å². The summed E-state index contributed by atoms with van der Waals surface area (Å²) in [5, 5.41) is 0. The Kier molecular flexibility index (Phi) is 2.81. The monoisotopic (exact) mass is 260 g/mol. The van der Waals surface area contributed by atoms with Crippen molar-refractivity contribution in [2.45, 2.75) is 25.4 Å². The molecule has 3 unspecified atom stereocenters. The summed E-state index contributed by atoms with van der Waals surface area (Å²) in [5.41, 5.74) is -0.303. The van der Waals surface area contributed by atoms with Gasteiger partial charge < -0.3 is 9.47 Å². The fourth-order valence-corrected chi connectivity index (χ4v) is 3.23. The van der Waals surface area contributed by atoms with Gasteiger partial charge in [0.05, 0.1) is 13.5 Å². The van der Waals surface area contributed by atoms with E-state index in [2.05, 4.69) is 6.08 Å². The summed E-state index contributed by atoms with van der Waals surface area (Å²) in [6.45, 7) is 0. The Morgan fingerprint density at radius 1 is 1.42 bits per heavy atom. The minimum atomic E-state index is -0.367. The van der Waals surface area contributed by atoms with Crippen LogP contribution in [0.1, 0.15) is 19.3 Å². The van der Waals surface area contributed by atoms with E-state index in [9.17, 15) is 9.59 Å². The minimum absolute atomic E-state index is 0.0505. The maximum Gasteiger partial charge on any atom is 0.307 e. The lowest BCUT2D eigenvalue weighted by atomic mass is 9.63. The van der Waals surface area contributed by atoms with E-state index in [-0.39, 0.29) is 29.2 Å². The molecule has 0 bridgehead atoms. The molecule has 0 aromatic heterocycles. The quantitative estimate of drug-likeness (QED) is 0.676. The van der Waals surface area contributed by atoms with Crippen molar-refractivity contribution in [1.29, 1.82) is 0 Å². The van der Waals surface area contributed by atoms with Crippen LogP contribution in [0.4, 0.5) is 0 Å². The third-order valence-electron chi connectivity index (χ3n) is 4.25. The number of esters is 1.